The minimum atomic E-state index is -0.330. The number of rotatable bonds is 5. The van der Waals surface area contributed by atoms with E-state index in [0.717, 1.165) is 22.0 Å². The third-order valence-corrected chi connectivity index (χ3v) is 6.19. The lowest BCUT2D eigenvalue weighted by molar-refractivity contribution is -0.134. The van der Waals surface area contributed by atoms with Gasteiger partial charge in [0.05, 0.1) is 25.1 Å². The molecule has 3 aromatic rings. The number of amides is 1. The molecular formula is C22H23N3O2S. The van der Waals surface area contributed by atoms with E-state index < -0.39 is 0 Å². The van der Waals surface area contributed by atoms with Gasteiger partial charge in [0.25, 0.3) is 0 Å². The number of hydrogen-bond acceptors (Lipinski definition) is 4. The SMILES string of the molecule is Cn1c(-c2ccccc2)cnc1S[C@@H](C(=O)N1CCOCC1)c1ccccc1. The number of imidazole rings is 1. The van der Waals surface area contributed by atoms with Crippen LogP contribution in [-0.2, 0) is 16.6 Å². The van der Waals surface area contributed by atoms with E-state index in [1.54, 1.807) is 0 Å². The molecule has 5 nitrogen and oxygen atoms in total. The molecule has 4 rings (SSSR count). The molecule has 0 unspecified atom stereocenters. The van der Waals surface area contributed by atoms with Crippen molar-refractivity contribution in [1.82, 2.24) is 14.5 Å². The minimum Gasteiger partial charge on any atom is -0.378 e. The summed E-state index contributed by atoms with van der Waals surface area (Å²) in [6, 6.07) is 20.1. The predicted octanol–water partition coefficient (Wildman–Crippen LogP) is 3.78. The summed E-state index contributed by atoms with van der Waals surface area (Å²) >= 11 is 1.51. The lowest BCUT2D eigenvalue weighted by atomic mass is 10.1. The fraction of sp³-hybridized carbons (Fsp3) is 0.273. The quantitative estimate of drug-likeness (QED) is 0.619. The summed E-state index contributed by atoms with van der Waals surface area (Å²) in [7, 11) is 2.00. The van der Waals surface area contributed by atoms with Crippen molar-refractivity contribution in [2.24, 2.45) is 7.05 Å². The molecule has 28 heavy (non-hydrogen) atoms. The zero-order valence-corrected chi connectivity index (χ0v) is 16.6. The zero-order chi connectivity index (χ0) is 19.3. The van der Waals surface area contributed by atoms with Gasteiger partial charge < -0.3 is 14.2 Å². The number of thioether (sulfide) groups is 1. The number of carbonyl (C=O) groups is 1. The lowest BCUT2D eigenvalue weighted by Crippen LogP contribution is -2.42. The van der Waals surface area contributed by atoms with Gasteiger partial charge in [-0.15, -0.1) is 0 Å². The maximum Gasteiger partial charge on any atom is 0.240 e. The highest BCUT2D eigenvalue weighted by Gasteiger charge is 2.29. The van der Waals surface area contributed by atoms with Crippen molar-refractivity contribution in [3.63, 3.8) is 0 Å². The van der Waals surface area contributed by atoms with Crippen molar-refractivity contribution in [1.29, 1.82) is 0 Å². The molecule has 2 heterocycles. The Morgan fingerprint density at radius 1 is 1.04 bits per heavy atom. The second kappa shape index (κ2) is 8.63. The van der Waals surface area contributed by atoms with Gasteiger partial charge in [0, 0.05) is 20.1 Å². The second-order valence-corrected chi connectivity index (χ2v) is 7.77. The summed E-state index contributed by atoms with van der Waals surface area (Å²) in [6.45, 7) is 2.47. The van der Waals surface area contributed by atoms with Crippen molar-refractivity contribution in [2.75, 3.05) is 26.3 Å². The van der Waals surface area contributed by atoms with Crippen LogP contribution in [0.3, 0.4) is 0 Å². The first-order valence-corrected chi connectivity index (χ1v) is 10.3. The fourth-order valence-electron chi connectivity index (χ4n) is 3.32. The average Bonchev–Trinajstić information content (AvgIpc) is 3.13. The van der Waals surface area contributed by atoms with Crippen molar-refractivity contribution < 1.29 is 9.53 Å². The number of ether oxygens (including phenoxy) is 1. The maximum atomic E-state index is 13.3. The van der Waals surface area contributed by atoms with Gasteiger partial charge in [0.15, 0.2) is 5.16 Å². The molecule has 0 N–H and O–H groups in total. The molecule has 6 heteroatoms. The van der Waals surface area contributed by atoms with Gasteiger partial charge in [0.2, 0.25) is 5.91 Å². The smallest absolute Gasteiger partial charge is 0.240 e. The van der Waals surface area contributed by atoms with E-state index in [-0.39, 0.29) is 11.2 Å². The first-order chi connectivity index (χ1) is 13.7. The van der Waals surface area contributed by atoms with Crippen molar-refractivity contribution in [3.05, 3.63) is 72.4 Å². The molecule has 0 aliphatic carbocycles. The Balaban J connectivity index is 1.63. The third kappa shape index (κ3) is 3.98. The van der Waals surface area contributed by atoms with Gasteiger partial charge in [-0.1, -0.05) is 72.4 Å². The van der Waals surface area contributed by atoms with Crippen LogP contribution in [0.2, 0.25) is 0 Å². The third-order valence-electron chi connectivity index (χ3n) is 4.89. The number of morpholine rings is 1. The molecule has 1 amide bonds. The molecule has 1 aromatic heterocycles. The number of nitrogens with zero attached hydrogens (tertiary/aromatic N) is 3. The Bertz CT molecular complexity index is 921. The van der Waals surface area contributed by atoms with Crippen molar-refractivity contribution in [2.45, 2.75) is 10.4 Å². The molecule has 2 aromatic carbocycles. The summed E-state index contributed by atoms with van der Waals surface area (Å²) in [5, 5.41) is 0.498. The Kier molecular flexibility index (Phi) is 5.78. The number of aromatic nitrogens is 2. The van der Waals surface area contributed by atoms with Crippen molar-refractivity contribution in [3.8, 4) is 11.3 Å². The zero-order valence-electron chi connectivity index (χ0n) is 15.8. The molecule has 1 aliphatic rings. The van der Waals surface area contributed by atoms with Crippen LogP contribution in [0.15, 0.2) is 72.0 Å². The molecule has 1 fully saturated rings. The van der Waals surface area contributed by atoms with Crippen molar-refractivity contribution >= 4 is 17.7 Å². The molecule has 0 spiro atoms. The summed E-state index contributed by atoms with van der Waals surface area (Å²) < 4.78 is 7.47. The van der Waals surface area contributed by atoms with E-state index in [1.807, 2.05) is 66.7 Å². The van der Waals surface area contributed by atoms with E-state index in [1.165, 1.54) is 11.8 Å². The van der Waals surface area contributed by atoms with E-state index in [9.17, 15) is 4.79 Å². The molecular weight excluding hydrogens is 370 g/mol. The normalized spacial score (nSPS) is 15.4. The van der Waals surface area contributed by atoms with Crippen LogP contribution < -0.4 is 0 Å². The summed E-state index contributed by atoms with van der Waals surface area (Å²) in [6.07, 6.45) is 1.87. The maximum absolute atomic E-state index is 13.3. The summed E-state index contributed by atoms with van der Waals surface area (Å²) in [4.78, 5) is 19.8. The van der Waals surface area contributed by atoms with Gasteiger partial charge in [-0.05, 0) is 11.1 Å². The summed E-state index contributed by atoms with van der Waals surface area (Å²) in [5.41, 5.74) is 3.14. The van der Waals surface area contributed by atoms with Crippen LogP contribution in [0.4, 0.5) is 0 Å². The Morgan fingerprint density at radius 3 is 2.36 bits per heavy atom. The lowest BCUT2D eigenvalue weighted by Gasteiger charge is -2.30. The van der Waals surface area contributed by atoms with Crippen LogP contribution in [0.5, 0.6) is 0 Å². The number of benzene rings is 2. The van der Waals surface area contributed by atoms with E-state index in [0.29, 0.717) is 26.3 Å². The predicted molar refractivity (Wildman–Crippen MR) is 111 cm³/mol. The first-order valence-electron chi connectivity index (χ1n) is 9.39. The fourth-order valence-corrected chi connectivity index (χ4v) is 4.45. The number of hydrogen-bond donors (Lipinski definition) is 0. The van der Waals surface area contributed by atoms with Crippen LogP contribution >= 0.6 is 11.8 Å². The largest absolute Gasteiger partial charge is 0.378 e. The highest BCUT2D eigenvalue weighted by Crippen LogP contribution is 2.37. The minimum absolute atomic E-state index is 0.115. The Hall–Kier alpha value is -2.57. The second-order valence-electron chi connectivity index (χ2n) is 6.70. The van der Waals surface area contributed by atoms with Crippen LogP contribution in [0, 0.1) is 0 Å². The van der Waals surface area contributed by atoms with Crippen LogP contribution in [0.1, 0.15) is 10.8 Å². The number of carbonyl (C=O) groups excluding carboxylic acids is 1. The standard InChI is InChI=1S/C22H23N3O2S/c1-24-19(17-8-4-2-5-9-17)16-23-22(24)28-20(18-10-6-3-7-11-18)21(26)25-12-14-27-15-13-25/h2-11,16,20H,12-15H2,1H3/t20-/m1/s1. The molecule has 1 atom stereocenters. The molecule has 1 saturated heterocycles. The summed E-state index contributed by atoms with van der Waals surface area (Å²) in [5.74, 6) is 0.115. The van der Waals surface area contributed by atoms with Gasteiger partial charge in [0.1, 0.15) is 5.25 Å². The van der Waals surface area contributed by atoms with Gasteiger partial charge >= 0.3 is 0 Å². The highest BCUT2D eigenvalue weighted by atomic mass is 32.2. The van der Waals surface area contributed by atoms with Crippen LogP contribution in [-0.4, -0.2) is 46.7 Å². The monoisotopic (exact) mass is 393 g/mol. The molecule has 0 saturated carbocycles. The molecule has 1 aliphatic heterocycles. The van der Waals surface area contributed by atoms with E-state index >= 15 is 0 Å². The first kappa shape index (κ1) is 18.8. The topological polar surface area (TPSA) is 47.4 Å². The van der Waals surface area contributed by atoms with E-state index in [4.69, 9.17) is 4.74 Å². The van der Waals surface area contributed by atoms with Gasteiger partial charge in [-0.25, -0.2) is 4.98 Å². The molecule has 0 bridgehead atoms. The van der Waals surface area contributed by atoms with Gasteiger partial charge in [-0.3, -0.25) is 4.79 Å². The Morgan fingerprint density at radius 2 is 1.68 bits per heavy atom. The highest BCUT2D eigenvalue weighted by molar-refractivity contribution is 8.00. The van der Waals surface area contributed by atoms with Crippen LogP contribution in [0.25, 0.3) is 11.3 Å². The average molecular weight is 394 g/mol. The van der Waals surface area contributed by atoms with E-state index in [2.05, 4.69) is 21.7 Å². The molecule has 144 valence electrons. The molecule has 0 radical (unpaired) electrons. The Labute approximate surface area is 169 Å². The van der Waals surface area contributed by atoms with Gasteiger partial charge in [-0.2, -0.15) is 0 Å².